The van der Waals surface area contributed by atoms with Crippen LogP contribution in [-0.4, -0.2) is 17.1 Å². The van der Waals surface area contributed by atoms with E-state index in [1.54, 1.807) is 0 Å². The van der Waals surface area contributed by atoms with Gasteiger partial charge in [0.2, 0.25) is 0 Å². The number of benzene rings is 1. The number of rotatable bonds is 14. The monoisotopic (exact) mass is 351 g/mol. The van der Waals surface area contributed by atoms with Crippen molar-refractivity contribution in [2.45, 2.75) is 95.8 Å². The summed E-state index contributed by atoms with van der Waals surface area (Å²) in [5, 5.41) is 9.51. The lowest BCUT2D eigenvalue weighted by molar-refractivity contribution is 0.474. The summed E-state index contributed by atoms with van der Waals surface area (Å²) in [6.07, 6.45) is 19.3. The van der Waals surface area contributed by atoms with Gasteiger partial charge in [0.05, 0.1) is 0 Å². The van der Waals surface area contributed by atoms with E-state index >= 15 is 0 Å². The maximum Gasteiger partial charge on any atom is 0.157 e. The first kappa shape index (κ1) is 21.4. The van der Waals surface area contributed by atoms with Crippen LogP contribution >= 0.6 is 0 Å². The molecule has 0 aliphatic heterocycles. The van der Waals surface area contributed by atoms with Gasteiger partial charge in [0.1, 0.15) is 17.8 Å². The first-order valence-electron chi connectivity index (χ1n) is 10.1. The first-order chi connectivity index (χ1) is 11.6. The van der Waals surface area contributed by atoms with E-state index in [1.165, 1.54) is 93.3 Å². The standard InChI is InChI=1S/C22H38OS/c1-4-5-6-7-8-9-10-11-12-13-14-15-18-24(3)22-17-16-21(23)19-20(22)2/h16-17,19H,4-15,18H2,1-3H3/p+1. The molecule has 2 heteroatoms. The zero-order valence-electron chi connectivity index (χ0n) is 16.3. The van der Waals surface area contributed by atoms with Crippen molar-refractivity contribution < 1.29 is 5.11 Å². The van der Waals surface area contributed by atoms with Crippen molar-refractivity contribution in [3.05, 3.63) is 23.8 Å². The van der Waals surface area contributed by atoms with Crippen LogP contribution in [0.15, 0.2) is 23.1 Å². The lowest BCUT2D eigenvalue weighted by atomic mass is 10.1. The van der Waals surface area contributed by atoms with Crippen molar-refractivity contribution in [3.63, 3.8) is 0 Å². The van der Waals surface area contributed by atoms with Crippen molar-refractivity contribution in [3.8, 4) is 5.75 Å². The highest BCUT2D eigenvalue weighted by Gasteiger charge is 2.17. The van der Waals surface area contributed by atoms with Crippen LogP contribution in [0.4, 0.5) is 0 Å². The molecule has 0 radical (unpaired) electrons. The summed E-state index contributed by atoms with van der Waals surface area (Å²) in [5.74, 6) is 1.68. The Morgan fingerprint density at radius 1 is 0.792 bits per heavy atom. The van der Waals surface area contributed by atoms with Crippen LogP contribution in [0.3, 0.4) is 0 Å². The minimum Gasteiger partial charge on any atom is -0.508 e. The molecule has 1 atom stereocenters. The Morgan fingerprint density at radius 3 is 1.79 bits per heavy atom. The Morgan fingerprint density at radius 2 is 1.29 bits per heavy atom. The van der Waals surface area contributed by atoms with Crippen LogP contribution in [-0.2, 0) is 10.9 Å². The van der Waals surface area contributed by atoms with Crippen LogP contribution < -0.4 is 0 Å². The summed E-state index contributed by atoms with van der Waals surface area (Å²) >= 11 is 0. The summed E-state index contributed by atoms with van der Waals surface area (Å²) in [7, 11) is 0.321. The Kier molecular flexibility index (Phi) is 12.2. The third kappa shape index (κ3) is 9.61. The Hall–Kier alpha value is -0.630. The van der Waals surface area contributed by atoms with E-state index < -0.39 is 0 Å². The summed E-state index contributed by atoms with van der Waals surface area (Å²) in [5.41, 5.74) is 1.24. The average Bonchev–Trinajstić information content (AvgIpc) is 2.55. The van der Waals surface area contributed by atoms with Crippen molar-refractivity contribution in [2.75, 3.05) is 12.0 Å². The highest BCUT2D eigenvalue weighted by molar-refractivity contribution is 7.96. The van der Waals surface area contributed by atoms with Gasteiger partial charge in [0, 0.05) is 16.5 Å². The predicted molar refractivity (Wildman–Crippen MR) is 110 cm³/mol. The van der Waals surface area contributed by atoms with Crippen molar-refractivity contribution in [1.29, 1.82) is 0 Å². The Balaban J connectivity index is 1.96. The lowest BCUT2D eigenvalue weighted by Crippen LogP contribution is -2.07. The summed E-state index contributed by atoms with van der Waals surface area (Å²) in [4.78, 5) is 1.43. The SMILES string of the molecule is CCCCCCCCCCCCCC[S+](C)c1ccc(O)cc1C. The molecular formula is C22H39OS+. The quantitative estimate of drug-likeness (QED) is 0.282. The molecule has 24 heavy (non-hydrogen) atoms. The fourth-order valence-corrected chi connectivity index (χ4v) is 5.06. The first-order valence-corrected chi connectivity index (χ1v) is 11.9. The summed E-state index contributed by atoms with van der Waals surface area (Å²) < 4.78 is 0. The second-order valence-corrected chi connectivity index (χ2v) is 9.30. The van der Waals surface area contributed by atoms with Gasteiger partial charge < -0.3 is 5.11 Å². The topological polar surface area (TPSA) is 20.2 Å². The molecule has 0 aliphatic carbocycles. The van der Waals surface area contributed by atoms with E-state index in [0.717, 1.165) is 0 Å². The van der Waals surface area contributed by atoms with Crippen molar-refractivity contribution in [2.24, 2.45) is 0 Å². The normalized spacial score (nSPS) is 12.5. The molecule has 1 aromatic carbocycles. The zero-order chi connectivity index (χ0) is 17.6. The van der Waals surface area contributed by atoms with E-state index in [9.17, 15) is 5.11 Å². The molecule has 0 aliphatic rings. The second-order valence-electron chi connectivity index (χ2n) is 7.18. The number of phenolic OH excluding ortho intramolecular Hbond substituents is 1. The summed E-state index contributed by atoms with van der Waals surface area (Å²) in [6, 6.07) is 5.82. The maximum absolute atomic E-state index is 9.51. The van der Waals surface area contributed by atoms with E-state index in [2.05, 4.69) is 26.2 Å². The van der Waals surface area contributed by atoms with Crippen molar-refractivity contribution in [1.82, 2.24) is 0 Å². The predicted octanol–water partition coefficient (Wildman–Crippen LogP) is 7.01. The number of hydrogen-bond donors (Lipinski definition) is 1. The third-order valence-electron chi connectivity index (χ3n) is 4.84. The minimum absolute atomic E-state index is 0.321. The maximum atomic E-state index is 9.51. The summed E-state index contributed by atoms with van der Waals surface area (Å²) in [6.45, 7) is 4.40. The van der Waals surface area contributed by atoms with E-state index in [0.29, 0.717) is 16.6 Å². The van der Waals surface area contributed by atoms with Crippen LogP contribution in [0, 0.1) is 6.92 Å². The molecule has 0 fully saturated rings. The molecule has 0 aromatic heterocycles. The molecule has 1 aromatic rings. The number of aryl methyl sites for hydroxylation is 1. The van der Waals surface area contributed by atoms with Gasteiger partial charge in [-0.3, -0.25) is 0 Å². The number of hydrogen-bond acceptors (Lipinski definition) is 1. The van der Waals surface area contributed by atoms with Gasteiger partial charge in [0.25, 0.3) is 0 Å². The Labute approximate surface area is 153 Å². The van der Waals surface area contributed by atoms with E-state index in [1.807, 2.05) is 12.1 Å². The number of phenols is 1. The number of unbranched alkanes of at least 4 members (excludes halogenated alkanes) is 11. The van der Waals surface area contributed by atoms with E-state index in [4.69, 9.17) is 0 Å². The second kappa shape index (κ2) is 13.6. The lowest BCUT2D eigenvalue weighted by Gasteiger charge is -2.07. The van der Waals surface area contributed by atoms with Gasteiger partial charge >= 0.3 is 0 Å². The van der Waals surface area contributed by atoms with Gasteiger partial charge in [-0.1, -0.05) is 71.1 Å². The molecule has 1 rings (SSSR count). The van der Waals surface area contributed by atoms with Crippen molar-refractivity contribution >= 4 is 10.9 Å². The Bertz CT molecular complexity index is 430. The van der Waals surface area contributed by atoms with Gasteiger partial charge in [-0.25, -0.2) is 0 Å². The molecule has 1 unspecified atom stereocenters. The highest BCUT2D eigenvalue weighted by atomic mass is 32.2. The molecule has 0 saturated heterocycles. The van der Waals surface area contributed by atoms with Gasteiger partial charge in [-0.2, -0.15) is 0 Å². The molecule has 0 bridgehead atoms. The van der Waals surface area contributed by atoms with Gasteiger partial charge in [0.15, 0.2) is 4.90 Å². The van der Waals surface area contributed by atoms with E-state index in [-0.39, 0.29) is 0 Å². The molecule has 0 amide bonds. The fraction of sp³-hybridized carbons (Fsp3) is 0.727. The average molecular weight is 352 g/mol. The molecule has 138 valence electrons. The molecule has 1 N–H and O–H groups in total. The largest absolute Gasteiger partial charge is 0.508 e. The molecule has 0 spiro atoms. The minimum atomic E-state index is 0.321. The van der Waals surface area contributed by atoms with Crippen LogP contribution in [0.1, 0.15) is 89.5 Å². The number of aromatic hydroxyl groups is 1. The molecule has 0 saturated carbocycles. The third-order valence-corrected chi connectivity index (χ3v) is 6.95. The van der Waals surface area contributed by atoms with Gasteiger partial charge in [-0.05, 0) is 38.0 Å². The fourth-order valence-electron chi connectivity index (χ4n) is 3.29. The molecule has 0 heterocycles. The van der Waals surface area contributed by atoms with Crippen LogP contribution in [0.5, 0.6) is 5.75 Å². The molecule has 1 nitrogen and oxygen atoms in total. The van der Waals surface area contributed by atoms with Gasteiger partial charge in [-0.15, -0.1) is 0 Å². The molecular weight excluding hydrogens is 312 g/mol. The van der Waals surface area contributed by atoms with Crippen LogP contribution in [0.2, 0.25) is 0 Å². The smallest absolute Gasteiger partial charge is 0.157 e. The van der Waals surface area contributed by atoms with Crippen LogP contribution in [0.25, 0.3) is 0 Å². The highest BCUT2D eigenvalue weighted by Crippen LogP contribution is 2.22. The zero-order valence-corrected chi connectivity index (χ0v) is 17.1.